The van der Waals surface area contributed by atoms with Gasteiger partial charge in [0.2, 0.25) is 0 Å². The van der Waals surface area contributed by atoms with Crippen molar-refractivity contribution >= 4 is 39.0 Å². The van der Waals surface area contributed by atoms with Crippen LogP contribution in [0.5, 0.6) is 0 Å². The Morgan fingerprint density at radius 3 is 2.53 bits per heavy atom. The number of hydrogen-bond donors (Lipinski definition) is 2. The second-order valence-electron chi connectivity index (χ2n) is 9.25. The summed E-state index contributed by atoms with van der Waals surface area (Å²) < 4.78 is 40.1. The minimum absolute atomic E-state index is 0.0121. The molecule has 2 aliphatic heterocycles. The van der Waals surface area contributed by atoms with E-state index in [4.69, 9.17) is 21.1 Å². The molecule has 2 aliphatic rings. The maximum Gasteiger partial charge on any atom is 0.337 e. The average molecular weight is 527 g/mol. The van der Waals surface area contributed by atoms with Gasteiger partial charge in [-0.1, -0.05) is 29.8 Å². The minimum atomic E-state index is -3.93. The Hall–Kier alpha value is -3.07. The molecule has 0 amide bonds. The topological polar surface area (TPSA) is 93.7 Å². The zero-order valence-corrected chi connectivity index (χ0v) is 21.7. The van der Waals surface area contributed by atoms with Gasteiger partial charge in [0.1, 0.15) is 4.90 Å². The molecule has 2 N–H and O–H groups in total. The highest BCUT2D eigenvalue weighted by Crippen LogP contribution is 2.51. The van der Waals surface area contributed by atoms with E-state index in [0.29, 0.717) is 17.9 Å². The highest BCUT2D eigenvalue weighted by molar-refractivity contribution is 7.92. The minimum Gasteiger partial charge on any atom is -0.465 e. The number of benzene rings is 3. The van der Waals surface area contributed by atoms with Gasteiger partial charge < -0.3 is 14.8 Å². The molecule has 1 fully saturated rings. The molecule has 0 spiro atoms. The summed E-state index contributed by atoms with van der Waals surface area (Å²) in [6.45, 7) is 4.47. The molecule has 188 valence electrons. The van der Waals surface area contributed by atoms with E-state index in [1.165, 1.54) is 7.11 Å². The third-order valence-corrected chi connectivity index (χ3v) is 8.87. The largest absolute Gasteiger partial charge is 0.465 e. The Labute approximate surface area is 215 Å². The van der Waals surface area contributed by atoms with Crippen LogP contribution in [-0.4, -0.2) is 28.1 Å². The first-order valence-corrected chi connectivity index (χ1v) is 13.5. The Morgan fingerprint density at radius 2 is 1.83 bits per heavy atom. The number of carbonyl (C=O) groups is 1. The predicted octanol–water partition coefficient (Wildman–Crippen LogP) is 5.79. The van der Waals surface area contributed by atoms with Crippen LogP contribution in [0.15, 0.2) is 59.5 Å². The van der Waals surface area contributed by atoms with Crippen molar-refractivity contribution in [3.8, 4) is 0 Å². The van der Waals surface area contributed by atoms with Gasteiger partial charge in [-0.3, -0.25) is 4.72 Å². The number of rotatable bonds is 5. The van der Waals surface area contributed by atoms with Crippen LogP contribution in [0.25, 0.3) is 0 Å². The predicted molar refractivity (Wildman–Crippen MR) is 139 cm³/mol. The number of carbonyl (C=O) groups excluding carboxylic acids is 1. The molecule has 7 nitrogen and oxygen atoms in total. The first-order chi connectivity index (χ1) is 17.2. The van der Waals surface area contributed by atoms with Gasteiger partial charge >= 0.3 is 5.97 Å². The molecule has 1 saturated heterocycles. The molecule has 5 rings (SSSR count). The second-order valence-corrected chi connectivity index (χ2v) is 11.3. The summed E-state index contributed by atoms with van der Waals surface area (Å²) in [5, 5.41) is 3.65. The molecule has 0 radical (unpaired) electrons. The summed E-state index contributed by atoms with van der Waals surface area (Å²) in [4.78, 5) is 11.8. The van der Waals surface area contributed by atoms with Crippen LogP contribution < -0.4 is 10.0 Å². The van der Waals surface area contributed by atoms with E-state index in [1.807, 2.05) is 32.0 Å². The highest BCUT2D eigenvalue weighted by Gasteiger charge is 2.42. The number of fused-ring (bicyclic) bond motifs is 3. The molecular weight excluding hydrogens is 500 g/mol. The fourth-order valence-corrected chi connectivity index (χ4v) is 6.58. The maximum absolute atomic E-state index is 13.3. The first kappa shape index (κ1) is 24.6. The molecule has 0 bridgehead atoms. The third kappa shape index (κ3) is 4.45. The van der Waals surface area contributed by atoms with E-state index in [0.717, 1.165) is 34.4 Å². The van der Waals surface area contributed by atoms with Crippen molar-refractivity contribution in [2.45, 2.75) is 37.3 Å². The summed E-state index contributed by atoms with van der Waals surface area (Å²) >= 11 is 6.53. The zero-order chi connectivity index (χ0) is 25.6. The lowest BCUT2D eigenvalue weighted by molar-refractivity contribution is 0.0600. The van der Waals surface area contributed by atoms with Crippen molar-refractivity contribution in [2.24, 2.45) is 5.92 Å². The third-order valence-electron chi connectivity index (χ3n) is 7.03. The number of aryl methyl sites for hydroxylation is 2. The number of nitrogens with one attached hydrogen (secondary N) is 2. The van der Waals surface area contributed by atoms with Crippen molar-refractivity contribution < 1.29 is 22.7 Å². The lowest BCUT2D eigenvalue weighted by Crippen LogP contribution is -2.29. The first-order valence-electron chi connectivity index (χ1n) is 11.7. The van der Waals surface area contributed by atoms with Gasteiger partial charge in [-0.15, -0.1) is 0 Å². The molecule has 9 heteroatoms. The molecule has 3 aromatic carbocycles. The quantitative estimate of drug-likeness (QED) is 0.409. The Kier molecular flexibility index (Phi) is 6.44. The van der Waals surface area contributed by atoms with Crippen molar-refractivity contribution in [1.82, 2.24) is 0 Å². The molecule has 2 heterocycles. The van der Waals surface area contributed by atoms with Crippen LogP contribution in [0.1, 0.15) is 51.2 Å². The molecule has 3 aromatic rings. The lowest BCUT2D eigenvalue weighted by Gasteiger charge is -2.37. The zero-order valence-electron chi connectivity index (χ0n) is 20.2. The fraction of sp³-hybridized carbons (Fsp3) is 0.296. The van der Waals surface area contributed by atoms with Crippen molar-refractivity contribution in [2.75, 3.05) is 23.8 Å². The summed E-state index contributed by atoms with van der Waals surface area (Å²) in [6.07, 6.45) is 0.533. The van der Waals surface area contributed by atoms with E-state index < -0.39 is 10.0 Å². The van der Waals surface area contributed by atoms with Crippen LogP contribution in [-0.2, 0) is 19.5 Å². The second kappa shape index (κ2) is 9.42. The summed E-state index contributed by atoms with van der Waals surface area (Å²) in [7, 11) is -2.57. The maximum atomic E-state index is 13.3. The smallest absolute Gasteiger partial charge is 0.337 e. The van der Waals surface area contributed by atoms with Gasteiger partial charge in [0.05, 0.1) is 29.8 Å². The fourth-order valence-electron chi connectivity index (χ4n) is 4.97. The number of hydrogen-bond acceptors (Lipinski definition) is 6. The Morgan fingerprint density at radius 1 is 1.08 bits per heavy atom. The molecule has 36 heavy (non-hydrogen) atoms. The molecule has 3 atom stereocenters. The lowest BCUT2D eigenvalue weighted by atomic mass is 9.81. The van der Waals surface area contributed by atoms with Crippen LogP contribution in [0.2, 0.25) is 5.02 Å². The van der Waals surface area contributed by atoms with Gasteiger partial charge in [-0.25, -0.2) is 13.2 Å². The van der Waals surface area contributed by atoms with Gasteiger partial charge in [-0.2, -0.15) is 0 Å². The Bertz CT molecular complexity index is 1440. The van der Waals surface area contributed by atoms with E-state index >= 15 is 0 Å². The number of ether oxygens (including phenoxy) is 2. The number of halogens is 1. The number of sulfonamides is 1. The van der Waals surface area contributed by atoms with E-state index in [2.05, 4.69) is 10.0 Å². The van der Waals surface area contributed by atoms with E-state index in [-0.39, 0.29) is 34.0 Å². The highest BCUT2D eigenvalue weighted by atomic mass is 35.5. The molecule has 0 saturated carbocycles. The van der Waals surface area contributed by atoms with Gasteiger partial charge in [0.15, 0.2) is 0 Å². The monoisotopic (exact) mass is 526 g/mol. The van der Waals surface area contributed by atoms with E-state index in [1.54, 1.807) is 36.4 Å². The van der Waals surface area contributed by atoms with Gasteiger partial charge in [0.25, 0.3) is 10.0 Å². The summed E-state index contributed by atoms with van der Waals surface area (Å²) in [5.74, 6) is -0.300. The summed E-state index contributed by atoms with van der Waals surface area (Å²) in [5.41, 5.74) is 5.53. The Balaban J connectivity index is 1.48. The molecule has 3 unspecified atom stereocenters. The van der Waals surface area contributed by atoms with Crippen LogP contribution in [0.3, 0.4) is 0 Å². The SMILES string of the molecule is COC(=O)c1ccc(C2Nc3cc(Cl)c(S(=O)(=O)Nc4ccc(C)c(C)c4)cc3C3OCCC23)cc1. The van der Waals surface area contributed by atoms with Crippen molar-refractivity contribution in [3.63, 3.8) is 0 Å². The van der Waals surface area contributed by atoms with Gasteiger partial charge in [-0.05, 0) is 73.4 Å². The van der Waals surface area contributed by atoms with Crippen LogP contribution in [0.4, 0.5) is 11.4 Å². The van der Waals surface area contributed by atoms with E-state index in [9.17, 15) is 13.2 Å². The number of methoxy groups -OCH3 is 1. The van der Waals surface area contributed by atoms with Crippen molar-refractivity contribution in [3.05, 3.63) is 87.4 Å². The standard InChI is InChI=1S/C27H27ClN2O5S/c1-15-4-9-19(12-16(15)2)30-36(32,33)24-13-21-23(14-22(24)28)29-25(20-10-11-35-26(20)21)17-5-7-18(8-6-17)27(31)34-3/h4-9,12-14,20,25-26,29-30H,10-11H2,1-3H3. The van der Waals surface area contributed by atoms with Crippen LogP contribution >= 0.6 is 11.6 Å². The summed E-state index contributed by atoms with van der Waals surface area (Å²) in [6, 6.07) is 15.9. The number of anilines is 2. The molecule has 0 aliphatic carbocycles. The van der Waals surface area contributed by atoms with Gasteiger partial charge in [0, 0.05) is 29.5 Å². The van der Waals surface area contributed by atoms with Crippen LogP contribution in [0, 0.1) is 19.8 Å². The average Bonchev–Trinajstić information content (AvgIpc) is 3.35. The van der Waals surface area contributed by atoms with Crippen molar-refractivity contribution in [1.29, 1.82) is 0 Å². The normalized spacial score (nSPS) is 20.7. The number of esters is 1. The molecule has 0 aromatic heterocycles. The molecular formula is C27H27ClN2O5S.